The van der Waals surface area contributed by atoms with E-state index in [4.69, 9.17) is 0 Å². The van der Waals surface area contributed by atoms with Crippen LogP contribution in [0.3, 0.4) is 0 Å². The van der Waals surface area contributed by atoms with E-state index in [0.29, 0.717) is 5.13 Å². The van der Waals surface area contributed by atoms with Gasteiger partial charge in [0.15, 0.2) is 6.04 Å². The van der Waals surface area contributed by atoms with Crippen molar-refractivity contribution >= 4 is 22.4 Å². The van der Waals surface area contributed by atoms with Crippen molar-refractivity contribution in [3.05, 3.63) is 83.1 Å². The Morgan fingerprint density at radius 1 is 1.00 bits per heavy atom. The van der Waals surface area contributed by atoms with Crippen LogP contribution in [0.2, 0.25) is 0 Å². The molecule has 0 aliphatic rings. The van der Waals surface area contributed by atoms with Gasteiger partial charge in [-0.15, -0.1) is 15.3 Å². The number of amides is 1. The second-order valence-corrected chi connectivity index (χ2v) is 7.14. The van der Waals surface area contributed by atoms with Crippen molar-refractivity contribution in [2.45, 2.75) is 18.9 Å². The molecule has 4 aromatic rings. The fourth-order valence-corrected chi connectivity index (χ4v) is 3.56. The van der Waals surface area contributed by atoms with E-state index in [9.17, 15) is 4.79 Å². The van der Waals surface area contributed by atoms with Crippen LogP contribution in [0.1, 0.15) is 22.2 Å². The van der Waals surface area contributed by atoms with Gasteiger partial charge in [-0.3, -0.25) is 10.1 Å². The first-order chi connectivity index (χ1) is 13.8. The fourth-order valence-electron chi connectivity index (χ4n) is 2.82. The van der Waals surface area contributed by atoms with Crippen molar-refractivity contribution in [3.63, 3.8) is 0 Å². The molecule has 0 radical (unpaired) electrons. The summed E-state index contributed by atoms with van der Waals surface area (Å²) in [5, 5.41) is 23.6. The van der Waals surface area contributed by atoms with E-state index in [-0.39, 0.29) is 5.91 Å². The minimum atomic E-state index is -0.687. The van der Waals surface area contributed by atoms with Gasteiger partial charge in [-0.25, -0.2) is 4.68 Å². The lowest BCUT2D eigenvalue weighted by atomic mass is 10.1. The molecule has 1 unspecified atom stereocenters. The normalized spacial score (nSPS) is 11.9. The third-order valence-electron chi connectivity index (χ3n) is 4.16. The summed E-state index contributed by atoms with van der Waals surface area (Å²) in [6.07, 6.45) is 3.07. The maximum atomic E-state index is 12.9. The van der Waals surface area contributed by atoms with Gasteiger partial charge in [-0.05, 0) is 28.0 Å². The number of benzene rings is 2. The molecule has 8 nitrogen and oxygen atoms in total. The average molecular weight is 391 g/mol. The molecule has 140 valence electrons. The van der Waals surface area contributed by atoms with Gasteiger partial charge in [-0.2, -0.15) is 0 Å². The van der Waals surface area contributed by atoms with Crippen molar-refractivity contribution in [1.82, 2.24) is 30.4 Å². The molecule has 2 aromatic heterocycles. The van der Waals surface area contributed by atoms with Gasteiger partial charge in [0.2, 0.25) is 5.13 Å². The predicted molar refractivity (Wildman–Crippen MR) is 105 cm³/mol. The third-order valence-corrected chi connectivity index (χ3v) is 5.06. The summed E-state index contributed by atoms with van der Waals surface area (Å²) in [4.78, 5) is 12.9. The van der Waals surface area contributed by atoms with Crippen LogP contribution in [0.25, 0.3) is 0 Å². The van der Waals surface area contributed by atoms with Gasteiger partial charge < -0.3 is 0 Å². The second-order valence-electron chi connectivity index (χ2n) is 6.08. The third kappa shape index (κ3) is 4.26. The van der Waals surface area contributed by atoms with Gasteiger partial charge in [0.05, 0.1) is 0 Å². The zero-order valence-corrected chi connectivity index (χ0v) is 15.7. The van der Waals surface area contributed by atoms with E-state index in [0.717, 1.165) is 23.4 Å². The molecule has 1 amide bonds. The summed E-state index contributed by atoms with van der Waals surface area (Å²) in [5.41, 5.74) is 2.02. The van der Waals surface area contributed by atoms with Crippen molar-refractivity contribution in [3.8, 4) is 0 Å². The van der Waals surface area contributed by atoms with Gasteiger partial charge >= 0.3 is 0 Å². The number of aromatic nitrogens is 6. The molecule has 9 heteroatoms. The summed E-state index contributed by atoms with van der Waals surface area (Å²) in [6.45, 7) is 0. The van der Waals surface area contributed by atoms with Crippen LogP contribution < -0.4 is 5.32 Å². The Morgan fingerprint density at radius 3 is 2.46 bits per heavy atom. The highest BCUT2D eigenvalue weighted by molar-refractivity contribution is 7.15. The number of aryl methyl sites for hydroxylation is 2. The van der Waals surface area contributed by atoms with Crippen LogP contribution in [0, 0.1) is 0 Å². The first-order valence-corrected chi connectivity index (χ1v) is 9.56. The molecule has 2 aromatic carbocycles. The van der Waals surface area contributed by atoms with Crippen LogP contribution >= 0.6 is 11.3 Å². The number of carbonyl (C=O) groups excluding carboxylic acids is 1. The molecule has 0 aliphatic carbocycles. The maximum Gasteiger partial charge on any atom is 0.255 e. The lowest BCUT2D eigenvalue weighted by Gasteiger charge is -2.15. The average Bonchev–Trinajstić information content (AvgIpc) is 3.41. The summed E-state index contributed by atoms with van der Waals surface area (Å²) >= 11 is 1.38. The van der Waals surface area contributed by atoms with Crippen LogP contribution in [0.5, 0.6) is 0 Å². The molecular weight excluding hydrogens is 374 g/mol. The minimum Gasteiger partial charge on any atom is -0.298 e. The number of hydrogen-bond acceptors (Lipinski definition) is 7. The SMILES string of the molecule is O=C(Nc1nnc(CCc2ccccc2)s1)C(c1ccccc1)n1cnnn1. The molecule has 1 N–H and O–H groups in total. The zero-order valence-electron chi connectivity index (χ0n) is 14.8. The number of nitrogens with zero attached hydrogens (tertiary/aromatic N) is 6. The van der Waals surface area contributed by atoms with Crippen LogP contribution in [-0.2, 0) is 17.6 Å². The van der Waals surface area contributed by atoms with Gasteiger partial charge in [0.25, 0.3) is 5.91 Å². The Bertz CT molecular complexity index is 1020. The highest BCUT2D eigenvalue weighted by Gasteiger charge is 2.25. The Morgan fingerprint density at radius 2 is 1.75 bits per heavy atom. The van der Waals surface area contributed by atoms with Crippen LogP contribution in [-0.4, -0.2) is 36.3 Å². The Kier molecular flexibility index (Phi) is 5.43. The summed E-state index contributed by atoms with van der Waals surface area (Å²) < 4.78 is 1.42. The van der Waals surface area contributed by atoms with E-state index >= 15 is 0 Å². The maximum absolute atomic E-state index is 12.9. The van der Waals surface area contributed by atoms with E-state index in [1.807, 2.05) is 48.5 Å². The second kappa shape index (κ2) is 8.49. The monoisotopic (exact) mass is 391 g/mol. The van der Waals surface area contributed by atoms with Gasteiger partial charge in [0.1, 0.15) is 11.3 Å². The Hall–Kier alpha value is -3.46. The fraction of sp³-hybridized carbons (Fsp3) is 0.158. The van der Waals surface area contributed by atoms with E-state index in [2.05, 4.69) is 43.2 Å². The Labute approximate surface area is 165 Å². The van der Waals surface area contributed by atoms with Crippen molar-refractivity contribution in [2.75, 3.05) is 5.32 Å². The lowest BCUT2D eigenvalue weighted by molar-refractivity contribution is -0.118. The smallest absolute Gasteiger partial charge is 0.255 e. The van der Waals surface area contributed by atoms with Gasteiger partial charge in [-0.1, -0.05) is 72.0 Å². The molecule has 1 atom stereocenters. The quantitative estimate of drug-likeness (QED) is 0.520. The zero-order chi connectivity index (χ0) is 19.2. The summed E-state index contributed by atoms with van der Waals surface area (Å²) in [7, 11) is 0. The van der Waals surface area contributed by atoms with Crippen molar-refractivity contribution in [2.24, 2.45) is 0 Å². The molecule has 28 heavy (non-hydrogen) atoms. The van der Waals surface area contributed by atoms with Crippen LogP contribution in [0.4, 0.5) is 5.13 Å². The first-order valence-electron chi connectivity index (χ1n) is 8.74. The molecular formula is C19H17N7OS. The number of nitrogens with one attached hydrogen (secondary N) is 1. The standard InChI is InChI=1S/C19H17N7OS/c27-18(17(26-13-20-24-25-26)15-9-5-2-6-10-15)21-19-23-22-16(28-19)12-11-14-7-3-1-4-8-14/h1-10,13,17H,11-12H2,(H,21,23,27). The first kappa shape index (κ1) is 17.9. The van der Waals surface area contributed by atoms with E-state index in [1.165, 1.54) is 27.9 Å². The minimum absolute atomic E-state index is 0.274. The number of anilines is 1. The summed E-state index contributed by atoms with van der Waals surface area (Å²) in [5.74, 6) is -0.274. The highest BCUT2D eigenvalue weighted by atomic mass is 32.1. The number of tetrazole rings is 1. The molecule has 0 aliphatic heterocycles. The van der Waals surface area contributed by atoms with Crippen LogP contribution in [0.15, 0.2) is 67.0 Å². The number of rotatable bonds is 7. The molecule has 0 saturated carbocycles. The molecule has 2 heterocycles. The van der Waals surface area contributed by atoms with E-state index in [1.54, 1.807) is 0 Å². The Balaban J connectivity index is 1.45. The lowest BCUT2D eigenvalue weighted by Crippen LogP contribution is -2.27. The topological polar surface area (TPSA) is 98.5 Å². The van der Waals surface area contributed by atoms with E-state index < -0.39 is 6.04 Å². The predicted octanol–water partition coefficient (Wildman–Crippen LogP) is 2.54. The molecule has 0 saturated heterocycles. The van der Waals surface area contributed by atoms with Crippen molar-refractivity contribution in [1.29, 1.82) is 0 Å². The number of carbonyl (C=O) groups is 1. The molecule has 4 rings (SSSR count). The summed E-state index contributed by atoms with van der Waals surface area (Å²) in [6, 6.07) is 18.9. The molecule has 0 bridgehead atoms. The highest BCUT2D eigenvalue weighted by Crippen LogP contribution is 2.22. The molecule has 0 spiro atoms. The number of hydrogen-bond donors (Lipinski definition) is 1. The molecule has 0 fully saturated rings. The van der Waals surface area contributed by atoms with Gasteiger partial charge in [0, 0.05) is 6.42 Å². The largest absolute Gasteiger partial charge is 0.298 e. The van der Waals surface area contributed by atoms with Crippen molar-refractivity contribution < 1.29 is 4.79 Å².